The van der Waals surface area contributed by atoms with E-state index in [9.17, 15) is 18.0 Å². The number of nitrogens with one attached hydrogen (secondary N) is 1. The summed E-state index contributed by atoms with van der Waals surface area (Å²) < 4.78 is 32.9. The number of fused-ring (bicyclic) bond motifs is 1. The van der Waals surface area contributed by atoms with E-state index in [0.717, 1.165) is 54.2 Å². The topological polar surface area (TPSA) is 99.5 Å². The van der Waals surface area contributed by atoms with Crippen molar-refractivity contribution >= 4 is 45.1 Å². The number of halogens is 4. The molecule has 1 saturated carbocycles. The molecule has 160 valence electrons. The fourth-order valence-corrected chi connectivity index (χ4v) is 4.10. The van der Waals surface area contributed by atoms with E-state index in [1.54, 1.807) is 11.3 Å². The van der Waals surface area contributed by atoms with Gasteiger partial charge in [0.05, 0.1) is 21.1 Å². The Kier molecular flexibility index (Phi) is 8.23. The van der Waals surface area contributed by atoms with Crippen molar-refractivity contribution in [2.24, 2.45) is 5.92 Å². The van der Waals surface area contributed by atoms with Crippen LogP contribution >= 0.6 is 22.9 Å². The molecule has 29 heavy (non-hydrogen) atoms. The van der Waals surface area contributed by atoms with Crippen molar-refractivity contribution in [2.75, 3.05) is 6.54 Å². The monoisotopic (exact) mass is 452 g/mol. The minimum absolute atomic E-state index is 0.146. The number of aliphatic carboxylic acids is 2. The maximum atomic E-state index is 10.9. The number of aromatic nitrogens is 1. The van der Waals surface area contributed by atoms with Crippen LogP contribution in [0.25, 0.3) is 10.2 Å². The van der Waals surface area contributed by atoms with Gasteiger partial charge in [0.1, 0.15) is 0 Å². The van der Waals surface area contributed by atoms with E-state index in [0.29, 0.717) is 6.04 Å². The molecule has 1 aliphatic carbocycles. The first-order valence-corrected chi connectivity index (χ1v) is 10.1. The van der Waals surface area contributed by atoms with Crippen LogP contribution in [0.5, 0.6) is 0 Å². The third-order valence-corrected chi connectivity index (χ3v) is 5.82. The van der Waals surface area contributed by atoms with Gasteiger partial charge in [-0.25, -0.2) is 9.78 Å². The molecule has 2 aromatic rings. The maximum Gasteiger partial charge on any atom is 0.490 e. The largest absolute Gasteiger partial charge is 0.490 e. The van der Waals surface area contributed by atoms with Crippen LogP contribution in [-0.4, -0.2) is 45.9 Å². The molecule has 0 amide bonds. The highest BCUT2D eigenvalue weighted by Gasteiger charge is 2.38. The SMILES string of the molecule is O=C(O)C(F)(F)F.O=C(O)C1CCC(NCCc2nc3cc(Cl)ccc3s2)CC1. The molecule has 0 saturated heterocycles. The number of carbonyl (C=O) groups is 2. The Bertz CT molecular complexity index is 851. The van der Waals surface area contributed by atoms with Crippen molar-refractivity contribution in [1.82, 2.24) is 10.3 Å². The predicted octanol–water partition coefficient (Wildman–Crippen LogP) is 4.36. The van der Waals surface area contributed by atoms with Gasteiger partial charge in [-0.05, 0) is 43.9 Å². The molecule has 1 aromatic carbocycles. The van der Waals surface area contributed by atoms with E-state index in [-0.39, 0.29) is 5.92 Å². The second-order valence-corrected chi connectivity index (χ2v) is 8.17. The molecule has 0 spiro atoms. The minimum atomic E-state index is -5.08. The summed E-state index contributed by atoms with van der Waals surface area (Å²) in [6, 6.07) is 6.25. The van der Waals surface area contributed by atoms with Gasteiger partial charge in [-0.2, -0.15) is 13.2 Å². The summed E-state index contributed by atoms with van der Waals surface area (Å²) in [5.41, 5.74) is 0.967. The van der Waals surface area contributed by atoms with Crippen LogP contribution in [0.15, 0.2) is 18.2 Å². The molecule has 1 fully saturated rings. The molecule has 6 nitrogen and oxygen atoms in total. The van der Waals surface area contributed by atoms with E-state index in [1.165, 1.54) is 4.70 Å². The van der Waals surface area contributed by atoms with Crippen molar-refractivity contribution in [3.05, 3.63) is 28.2 Å². The van der Waals surface area contributed by atoms with Crippen LogP contribution in [0, 0.1) is 5.92 Å². The summed E-state index contributed by atoms with van der Waals surface area (Å²) in [5, 5.41) is 21.5. The highest BCUT2D eigenvalue weighted by Crippen LogP contribution is 2.26. The molecule has 3 rings (SSSR count). The van der Waals surface area contributed by atoms with Gasteiger partial charge in [0.15, 0.2) is 0 Å². The lowest BCUT2D eigenvalue weighted by atomic mass is 9.86. The van der Waals surface area contributed by atoms with Crippen LogP contribution in [0.4, 0.5) is 13.2 Å². The average Bonchev–Trinajstić information content (AvgIpc) is 3.03. The number of hydrogen-bond donors (Lipinski definition) is 3. The summed E-state index contributed by atoms with van der Waals surface area (Å²) in [6.45, 7) is 0.885. The first-order chi connectivity index (χ1) is 13.6. The lowest BCUT2D eigenvalue weighted by molar-refractivity contribution is -0.192. The number of thiazole rings is 1. The van der Waals surface area contributed by atoms with Gasteiger partial charge in [0.25, 0.3) is 0 Å². The lowest BCUT2D eigenvalue weighted by Crippen LogP contribution is -2.35. The number of hydrogen-bond acceptors (Lipinski definition) is 5. The molecule has 1 aliphatic rings. The van der Waals surface area contributed by atoms with Crippen LogP contribution in [0.1, 0.15) is 30.7 Å². The van der Waals surface area contributed by atoms with E-state index >= 15 is 0 Å². The second kappa shape index (κ2) is 10.2. The molecule has 0 unspecified atom stereocenters. The molecule has 1 aromatic heterocycles. The summed E-state index contributed by atoms with van der Waals surface area (Å²) >= 11 is 7.69. The summed E-state index contributed by atoms with van der Waals surface area (Å²) in [4.78, 5) is 24.4. The van der Waals surface area contributed by atoms with Crippen molar-refractivity contribution in [1.29, 1.82) is 0 Å². The smallest absolute Gasteiger partial charge is 0.481 e. The van der Waals surface area contributed by atoms with Crippen LogP contribution in [-0.2, 0) is 16.0 Å². The molecule has 0 atom stereocenters. The van der Waals surface area contributed by atoms with Crippen LogP contribution in [0.3, 0.4) is 0 Å². The van der Waals surface area contributed by atoms with Gasteiger partial charge in [-0.15, -0.1) is 11.3 Å². The first kappa shape index (κ1) is 23.4. The zero-order valence-electron chi connectivity index (χ0n) is 15.2. The first-order valence-electron chi connectivity index (χ1n) is 8.87. The number of alkyl halides is 3. The highest BCUT2D eigenvalue weighted by molar-refractivity contribution is 7.18. The Labute approximate surface area is 173 Å². The Morgan fingerprint density at radius 2 is 1.83 bits per heavy atom. The van der Waals surface area contributed by atoms with Crippen molar-refractivity contribution in [3.63, 3.8) is 0 Å². The predicted molar refractivity (Wildman–Crippen MR) is 103 cm³/mol. The lowest BCUT2D eigenvalue weighted by Gasteiger charge is -2.26. The number of benzene rings is 1. The van der Waals surface area contributed by atoms with E-state index in [2.05, 4.69) is 10.3 Å². The fraction of sp³-hybridized carbons (Fsp3) is 0.500. The fourth-order valence-electron chi connectivity index (χ4n) is 2.98. The highest BCUT2D eigenvalue weighted by atomic mass is 35.5. The van der Waals surface area contributed by atoms with Gasteiger partial charge in [-0.3, -0.25) is 4.79 Å². The number of carboxylic acids is 2. The molecular weight excluding hydrogens is 433 g/mol. The molecule has 0 bridgehead atoms. The molecule has 11 heteroatoms. The molecule has 3 N–H and O–H groups in total. The second-order valence-electron chi connectivity index (χ2n) is 6.61. The summed E-state index contributed by atoms with van der Waals surface area (Å²) in [6.07, 6.45) is -0.714. The standard InChI is InChI=1S/C16H19ClN2O2S.C2HF3O2/c17-11-3-6-14-13(9-11)19-15(22-14)7-8-18-12-4-1-10(2-5-12)16(20)21;3-2(4,5)1(6)7/h3,6,9-10,12,18H,1-2,4-5,7-8H2,(H,20,21);(H,6,7). The van der Waals surface area contributed by atoms with Gasteiger partial charge in [0, 0.05) is 24.0 Å². The number of carboxylic acid groups (broad SMARTS) is 2. The Hall–Kier alpha value is -1.91. The van der Waals surface area contributed by atoms with Crippen LogP contribution < -0.4 is 5.32 Å². The van der Waals surface area contributed by atoms with E-state index in [4.69, 9.17) is 26.6 Å². The third-order valence-electron chi connectivity index (χ3n) is 4.48. The van der Waals surface area contributed by atoms with Gasteiger partial charge >= 0.3 is 18.1 Å². The summed E-state index contributed by atoms with van der Waals surface area (Å²) in [5.74, 6) is -3.55. The van der Waals surface area contributed by atoms with Crippen molar-refractivity contribution < 1.29 is 33.0 Å². The van der Waals surface area contributed by atoms with Gasteiger partial charge in [-0.1, -0.05) is 11.6 Å². The normalized spacial score (nSPS) is 19.4. The Morgan fingerprint density at radius 3 is 2.38 bits per heavy atom. The van der Waals surface area contributed by atoms with Gasteiger partial charge < -0.3 is 15.5 Å². The quantitative estimate of drug-likeness (QED) is 0.623. The van der Waals surface area contributed by atoms with Crippen molar-refractivity contribution in [2.45, 2.75) is 44.3 Å². The molecule has 0 aliphatic heterocycles. The van der Waals surface area contributed by atoms with Crippen LogP contribution in [0.2, 0.25) is 5.02 Å². The molecule has 0 radical (unpaired) electrons. The Balaban J connectivity index is 0.000000370. The molecule has 1 heterocycles. The van der Waals surface area contributed by atoms with E-state index < -0.39 is 18.1 Å². The number of nitrogens with zero attached hydrogens (tertiary/aromatic N) is 1. The minimum Gasteiger partial charge on any atom is -0.481 e. The summed E-state index contributed by atoms with van der Waals surface area (Å²) in [7, 11) is 0. The third kappa shape index (κ3) is 7.45. The van der Waals surface area contributed by atoms with Crippen molar-refractivity contribution in [3.8, 4) is 0 Å². The van der Waals surface area contributed by atoms with E-state index in [1.807, 2.05) is 18.2 Å². The zero-order valence-corrected chi connectivity index (χ0v) is 16.8. The number of rotatable bonds is 5. The van der Waals surface area contributed by atoms with Gasteiger partial charge in [0.2, 0.25) is 0 Å². The Morgan fingerprint density at radius 1 is 1.21 bits per heavy atom. The molecular formula is C18H20ClF3N2O4S. The zero-order chi connectivity index (χ0) is 21.6. The average molecular weight is 453 g/mol. The maximum absolute atomic E-state index is 10.9.